The van der Waals surface area contributed by atoms with E-state index in [1.807, 2.05) is 0 Å². The third-order valence-corrected chi connectivity index (χ3v) is 6.86. The van der Waals surface area contributed by atoms with Crippen LogP contribution in [0.25, 0.3) is 21.2 Å². The second-order valence-corrected chi connectivity index (χ2v) is 9.85. The summed E-state index contributed by atoms with van der Waals surface area (Å²) in [6.45, 7) is 0.756. The van der Waals surface area contributed by atoms with E-state index < -0.39 is 21.2 Å². The molecule has 0 aliphatic heterocycles. The minimum absolute atomic E-state index is 0.174. The summed E-state index contributed by atoms with van der Waals surface area (Å²) in [5.41, 5.74) is 0.465. The molecule has 0 fully saturated rings. The molecule has 0 aliphatic rings. The molecule has 0 saturated carbocycles. The molecule has 2 heterocycles. The average molecular weight is 459 g/mol. The molecule has 0 N–H and O–H groups in total. The normalized spacial score (nSPS) is 12.6. The number of sulfone groups is 1. The fourth-order valence-electron chi connectivity index (χ4n) is 3.14. The van der Waals surface area contributed by atoms with Crippen molar-refractivity contribution in [2.24, 2.45) is 4.99 Å². The molecular formula is C21H18N2O6S2. The average Bonchev–Trinajstić information content (AvgIpc) is 3.08. The number of benzene rings is 2. The Hall–Kier alpha value is -3.08. The lowest BCUT2D eigenvalue weighted by Gasteiger charge is -2.05. The SMILES string of the molecule is COCCn1c(=NC(=O)c2coc3ccccc3c2=O)sc2cc(S(C)(=O)=O)ccc21. The fourth-order valence-corrected chi connectivity index (χ4v) is 4.96. The number of nitrogens with zero attached hydrogens (tertiary/aromatic N) is 2. The second-order valence-electron chi connectivity index (χ2n) is 6.82. The number of carbonyl (C=O) groups is 1. The predicted molar refractivity (Wildman–Crippen MR) is 117 cm³/mol. The van der Waals surface area contributed by atoms with Crippen molar-refractivity contribution in [3.63, 3.8) is 0 Å². The summed E-state index contributed by atoms with van der Waals surface area (Å²) in [5, 5.41) is 0.296. The van der Waals surface area contributed by atoms with Crippen molar-refractivity contribution < 1.29 is 22.4 Å². The van der Waals surface area contributed by atoms with Crippen molar-refractivity contribution in [3.8, 4) is 0 Å². The van der Waals surface area contributed by atoms with E-state index in [2.05, 4.69) is 4.99 Å². The fraction of sp³-hybridized carbons (Fsp3) is 0.190. The number of para-hydroxylation sites is 1. The molecule has 0 saturated heterocycles. The first kappa shape index (κ1) is 21.2. The topological polar surface area (TPSA) is 108 Å². The molecule has 0 aliphatic carbocycles. The number of fused-ring (bicyclic) bond motifs is 2. The molecule has 4 aromatic rings. The van der Waals surface area contributed by atoms with Crippen molar-refractivity contribution >= 4 is 48.3 Å². The predicted octanol–water partition coefficient (Wildman–Crippen LogP) is 2.60. The Morgan fingerprint density at radius 3 is 2.74 bits per heavy atom. The summed E-state index contributed by atoms with van der Waals surface area (Å²) >= 11 is 1.16. The van der Waals surface area contributed by atoms with Crippen LogP contribution >= 0.6 is 11.3 Å². The van der Waals surface area contributed by atoms with Crippen LogP contribution in [0.1, 0.15) is 10.4 Å². The van der Waals surface area contributed by atoms with Gasteiger partial charge in [0.1, 0.15) is 17.4 Å². The highest BCUT2D eigenvalue weighted by atomic mass is 32.2. The summed E-state index contributed by atoms with van der Waals surface area (Å²) in [5.74, 6) is -0.736. The molecule has 0 bridgehead atoms. The Labute approximate surface area is 181 Å². The zero-order valence-electron chi connectivity index (χ0n) is 16.7. The van der Waals surface area contributed by atoms with Crippen molar-refractivity contribution in [3.05, 3.63) is 69.3 Å². The molecule has 0 spiro atoms. The Balaban J connectivity index is 1.88. The molecule has 8 nitrogen and oxygen atoms in total. The van der Waals surface area contributed by atoms with Crippen LogP contribution in [0.2, 0.25) is 0 Å². The minimum atomic E-state index is -3.39. The molecule has 0 unspecified atom stereocenters. The first-order chi connectivity index (χ1) is 14.8. The van der Waals surface area contributed by atoms with E-state index in [-0.39, 0.29) is 10.5 Å². The lowest BCUT2D eigenvalue weighted by molar-refractivity contribution is 0.0994. The smallest absolute Gasteiger partial charge is 0.286 e. The lowest BCUT2D eigenvalue weighted by Crippen LogP contribution is -2.21. The minimum Gasteiger partial charge on any atom is -0.463 e. The van der Waals surface area contributed by atoms with Crippen LogP contribution in [-0.2, 0) is 21.1 Å². The van der Waals surface area contributed by atoms with E-state index in [4.69, 9.17) is 9.15 Å². The quantitative estimate of drug-likeness (QED) is 0.455. The Bertz CT molecular complexity index is 1540. The number of rotatable bonds is 5. The van der Waals surface area contributed by atoms with Crippen LogP contribution in [0.4, 0.5) is 0 Å². The first-order valence-electron chi connectivity index (χ1n) is 9.21. The van der Waals surface area contributed by atoms with Crippen LogP contribution in [0, 0.1) is 0 Å². The zero-order valence-corrected chi connectivity index (χ0v) is 18.3. The van der Waals surface area contributed by atoms with Gasteiger partial charge in [0, 0.05) is 19.9 Å². The zero-order chi connectivity index (χ0) is 22.2. The summed E-state index contributed by atoms with van der Waals surface area (Å²) in [6, 6.07) is 11.4. The molecular weight excluding hydrogens is 440 g/mol. The van der Waals surface area contributed by atoms with Crippen molar-refractivity contribution in [1.82, 2.24) is 4.57 Å². The van der Waals surface area contributed by atoms with Gasteiger partial charge in [-0.1, -0.05) is 23.5 Å². The maximum absolute atomic E-state index is 12.8. The van der Waals surface area contributed by atoms with Crippen molar-refractivity contribution in [2.75, 3.05) is 20.0 Å². The summed E-state index contributed by atoms with van der Waals surface area (Å²) in [6.07, 6.45) is 2.25. The number of amides is 1. The van der Waals surface area contributed by atoms with Gasteiger partial charge in [0.2, 0.25) is 5.43 Å². The standard InChI is InChI=1S/C21H18N2O6S2/c1-28-10-9-23-16-8-7-13(31(2,26)27)11-18(16)30-21(23)22-20(25)15-12-29-17-6-4-3-5-14(17)19(15)24/h3-8,11-12H,9-10H2,1-2H3. The molecule has 2 aromatic carbocycles. The number of thiazole rings is 1. The Kier molecular flexibility index (Phi) is 5.61. The van der Waals surface area contributed by atoms with Gasteiger partial charge in [0.05, 0.1) is 27.1 Å². The lowest BCUT2D eigenvalue weighted by atomic mass is 10.2. The number of hydrogen-bond acceptors (Lipinski definition) is 7. The van der Waals surface area contributed by atoms with Gasteiger partial charge in [-0.25, -0.2) is 8.42 Å². The van der Waals surface area contributed by atoms with Gasteiger partial charge in [-0.3, -0.25) is 9.59 Å². The summed E-state index contributed by atoms with van der Waals surface area (Å²) < 4.78 is 36.8. The maximum atomic E-state index is 12.8. The summed E-state index contributed by atoms with van der Waals surface area (Å²) in [4.78, 5) is 30.2. The summed E-state index contributed by atoms with van der Waals surface area (Å²) in [7, 11) is -1.83. The molecule has 31 heavy (non-hydrogen) atoms. The Morgan fingerprint density at radius 2 is 2.00 bits per heavy atom. The van der Waals surface area contributed by atoms with E-state index in [0.717, 1.165) is 23.9 Å². The van der Waals surface area contributed by atoms with Crippen LogP contribution in [0.15, 0.2) is 67.8 Å². The first-order valence-corrected chi connectivity index (χ1v) is 11.9. The van der Waals surface area contributed by atoms with Crippen LogP contribution in [0.5, 0.6) is 0 Å². The van der Waals surface area contributed by atoms with E-state index in [9.17, 15) is 18.0 Å². The molecule has 0 radical (unpaired) electrons. The van der Waals surface area contributed by atoms with Gasteiger partial charge >= 0.3 is 0 Å². The molecule has 1 amide bonds. The van der Waals surface area contributed by atoms with E-state index in [1.54, 1.807) is 48.1 Å². The highest BCUT2D eigenvalue weighted by Crippen LogP contribution is 2.22. The van der Waals surface area contributed by atoms with E-state index in [1.165, 1.54) is 6.07 Å². The van der Waals surface area contributed by atoms with Gasteiger partial charge in [-0.15, -0.1) is 0 Å². The van der Waals surface area contributed by atoms with Gasteiger partial charge < -0.3 is 13.7 Å². The third kappa shape index (κ3) is 4.09. The number of ether oxygens (including phenoxy) is 1. The largest absolute Gasteiger partial charge is 0.463 e. The van der Waals surface area contributed by atoms with Crippen molar-refractivity contribution in [1.29, 1.82) is 0 Å². The van der Waals surface area contributed by atoms with E-state index >= 15 is 0 Å². The second kappa shape index (κ2) is 8.22. The van der Waals surface area contributed by atoms with Crippen LogP contribution in [-0.4, -0.2) is 38.9 Å². The van der Waals surface area contributed by atoms with Gasteiger partial charge in [-0.2, -0.15) is 4.99 Å². The molecule has 160 valence electrons. The molecule has 2 aromatic heterocycles. The van der Waals surface area contributed by atoms with E-state index in [0.29, 0.717) is 39.1 Å². The maximum Gasteiger partial charge on any atom is 0.286 e. The number of hydrogen-bond donors (Lipinski definition) is 0. The van der Waals surface area contributed by atoms with Crippen molar-refractivity contribution in [2.45, 2.75) is 11.4 Å². The number of aromatic nitrogens is 1. The van der Waals surface area contributed by atoms with Gasteiger partial charge in [-0.05, 0) is 30.3 Å². The molecule has 4 rings (SSSR count). The monoisotopic (exact) mass is 458 g/mol. The third-order valence-electron chi connectivity index (χ3n) is 4.71. The van der Waals surface area contributed by atoms with Gasteiger partial charge in [0.25, 0.3) is 5.91 Å². The highest BCUT2D eigenvalue weighted by molar-refractivity contribution is 7.90. The number of methoxy groups -OCH3 is 1. The molecule has 10 heteroatoms. The van der Waals surface area contributed by atoms with Gasteiger partial charge in [0.15, 0.2) is 14.6 Å². The Morgan fingerprint density at radius 1 is 1.23 bits per heavy atom. The van der Waals surface area contributed by atoms with Crippen LogP contribution in [0.3, 0.4) is 0 Å². The number of carbonyl (C=O) groups excluding carboxylic acids is 1. The molecule has 0 atom stereocenters. The highest BCUT2D eigenvalue weighted by Gasteiger charge is 2.16. The van der Waals surface area contributed by atoms with Crippen LogP contribution < -0.4 is 10.2 Å².